The molecule has 1 N–H and O–H groups in total. The Morgan fingerprint density at radius 2 is 1.57 bits per heavy atom. The van der Waals surface area contributed by atoms with Gasteiger partial charge in [0.15, 0.2) is 0 Å². The van der Waals surface area contributed by atoms with Gasteiger partial charge < -0.3 is 14.2 Å². The van der Waals surface area contributed by atoms with E-state index in [0.29, 0.717) is 5.56 Å². The fourth-order valence-electron chi connectivity index (χ4n) is 2.47. The van der Waals surface area contributed by atoms with Gasteiger partial charge in [-0.15, -0.1) is 0 Å². The Hall–Kier alpha value is -2.71. The van der Waals surface area contributed by atoms with Gasteiger partial charge in [0.1, 0.15) is 6.61 Å². The molecular formula is C22H27NO6S. The molecule has 2 aromatic rings. The fraction of sp³-hybridized carbons (Fsp3) is 0.364. The number of hydrogen-bond acceptors (Lipinski definition) is 6. The summed E-state index contributed by atoms with van der Waals surface area (Å²) < 4.78 is 30.3. The van der Waals surface area contributed by atoms with Crippen molar-refractivity contribution in [2.24, 2.45) is 0 Å². The molecule has 0 aliphatic heterocycles. The normalized spacial score (nSPS) is 14.3. The molecule has 0 aliphatic rings. The topological polar surface area (TPSA) is 90.9 Å². The minimum Gasteiger partial charge on any atom is -0.458 e. The summed E-state index contributed by atoms with van der Waals surface area (Å²) in [5.74, 6) is -0.781. The van der Waals surface area contributed by atoms with Gasteiger partial charge >= 0.3 is 12.1 Å². The van der Waals surface area contributed by atoms with Crippen molar-refractivity contribution in [1.82, 2.24) is 4.72 Å². The zero-order valence-corrected chi connectivity index (χ0v) is 18.3. The lowest BCUT2D eigenvalue weighted by atomic mass is 10.0. The van der Waals surface area contributed by atoms with E-state index in [2.05, 4.69) is 9.46 Å². The first-order chi connectivity index (χ1) is 14.2. The first-order valence-corrected chi connectivity index (χ1v) is 10.6. The maximum atomic E-state index is 12.9. The van der Waals surface area contributed by atoms with Crippen LogP contribution in [0.4, 0.5) is 4.79 Å². The highest BCUT2D eigenvalue weighted by molar-refractivity contribution is 7.84. The van der Waals surface area contributed by atoms with E-state index in [1.54, 1.807) is 45.0 Å². The van der Waals surface area contributed by atoms with Crippen LogP contribution in [0, 0.1) is 0 Å². The number of esters is 1. The first-order valence-electron chi connectivity index (χ1n) is 9.40. The Morgan fingerprint density at radius 1 is 1.00 bits per heavy atom. The average Bonchev–Trinajstić information content (AvgIpc) is 2.74. The Kier molecular flexibility index (Phi) is 8.56. The van der Waals surface area contributed by atoms with Crippen molar-refractivity contribution in [1.29, 1.82) is 0 Å². The third-order valence-electron chi connectivity index (χ3n) is 4.10. The maximum absolute atomic E-state index is 12.9. The van der Waals surface area contributed by atoms with Crippen LogP contribution in [0.1, 0.15) is 37.9 Å². The molecule has 0 saturated carbocycles. The number of benzene rings is 2. The number of carbonyl (C=O) groups excluding carboxylic acids is 2. The lowest BCUT2D eigenvalue weighted by molar-refractivity contribution is -0.157. The van der Waals surface area contributed by atoms with Gasteiger partial charge in [-0.05, 0) is 31.9 Å². The SMILES string of the molecule is COC(=O)O[C@@H](C(=O)OCc1ccccc1)[C@@H](NS(=O)C(C)(C)C)c1ccccc1. The van der Waals surface area contributed by atoms with Crippen molar-refractivity contribution in [2.45, 2.75) is 44.3 Å². The first kappa shape index (κ1) is 23.6. The molecule has 0 saturated heterocycles. The fourth-order valence-corrected chi connectivity index (χ4v) is 3.32. The predicted octanol–water partition coefficient (Wildman–Crippen LogP) is 3.67. The summed E-state index contributed by atoms with van der Waals surface area (Å²) in [6.07, 6.45) is -2.45. The van der Waals surface area contributed by atoms with E-state index in [9.17, 15) is 13.8 Å². The molecule has 2 aromatic carbocycles. The second kappa shape index (κ2) is 10.9. The number of nitrogens with one attached hydrogen (secondary N) is 1. The van der Waals surface area contributed by atoms with Crippen LogP contribution >= 0.6 is 0 Å². The van der Waals surface area contributed by atoms with Crippen molar-refractivity contribution in [3.63, 3.8) is 0 Å². The van der Waals surface area contributed by atoms with Crippen LogP contribution in [-0.4, -0.2) is 34.3 Å². The molecule has 2 rings (SSSR count). The smallest absolute Gasteiger partial charge is 0.458 e. The summed E-state index contributed by atoms with van der Waals surface area (Å²) in [6, 6.07) is 17.1. The largest absolute Gasteiger partial charge is 0.508 e. The van der Waals surface area contributed by atoms with E-state index in [4.69, 9.17) is 9.47 Å². The summed E-state index contributed by atoms with van der Waals surface area (Å²) in [7, 11) is -0.406. The predicted molar refractivity (Wildman–Crippen MR) is 114 cm³/mol. The highest BCUT2D eigenvalue weighted by atomic mass is 32.2. The van der Waals surface area contributed by atoms with Crippen molar-refractivity contribution in [3.8, 4) is 0 Å². The molecular weight excluding hydrogens is 406 g/mol. The molecule has 0 amide bonds. The van der Waals surface area contributed by atoms with Crippen LogP contribution in [0.2, 0.25) is 0 Å². The second-order valence-electron chi connectivity index (χ2n) is 7.47. The molecule has 3 atom stereocenters. The van der Waals surface area contributed by atoms with Crippen LogP contribution < -0.4 is 4.72 Å². The monoisotopic (exact) mass is 433 g/mol. The Balaban J connectivity index is 2.32. The molecule has 0 spiro atoms. The van der Waals surface area contributed by atoms with Crippen molar-refractivity contribution in [2.75, 3.05) is 7.11 Å². The van der Waals surface area contributed by atoms with E-state index < -0.39 is 40.0 Å². The van der Waals surface area contributed by atoms with E-state index in [-0.39, 0.29) is 6.61 Å². The van der Waals surface area contributed by atoms with Crippen molar-refractivity contribution < 1.29 is 28.0 Å². The molecule has 0 radical (unpaired) electrons. The van der Waals surface area contributed by atoms with Crippen molar-refractivity contribution in [3.05, 3.63) is 71.8 Å². The molecule has 0 bridgehead atoms. The Bertz CT molecular complexity index is 851. The zero-order valence-electron chi connectivity index (χ0n) is 17.5. The summed E-state index contributed by atoms with van der Waals surface area (Å²) in [5.41, 5.74) is 1.39. The molecule has 0 heterocycles. The molecule has 0 aliphatic carbocycles. The van der Waals surface area contributed by atoms with E-state index >= 15 is 0 Å². The summed E-state index contributed by atoms with van der Waals surface area (Å²) >= 11 is 0. The number of methoxy groups -OCH3 is 1. The van der Waals surface area contributed by atoms with Crippen molar-refractivity contribution >= 4 is 23.1 Å². The lowest BCUT2D eigenvalue weighted by Gasteiger charge is -2.29. The molecule has 0 aromatic heterocycles. The van der Waals surface area contributed by atoms with Crippen LogP contribution in [-0.2, 0) is 36.6 Å². The standard InChI is InChI=1S/C22H27NO6S/c1-22(2,3)30(26)23-18(17-13-9-6-10-14-17)19(29-21(25)27-4)20(24)28-15-16-11-7-5-8-12-16/h5-14,18-19,23H,15H2,1-4H3/t18-,19+,30?/m0/s1. The number of rotatable bonds is 8. The van der Waals surface area contributed by atoms with Crippen LogP contribution in [0.25, 0.3) is 0 Å². The lowest BCUT2D eigenvalue weighted by Crippen LogP contribution is -2.45. The molecule has 30 heavy (non-hydrogen) atoms. The summed E-state index contributed by atoms with van der Waals surface area (Å²) in [4.78, 5) is 24.8. The quantitative estimate of drug-likeness (QED) is 0.639. The Labute approximate surface area is 179 Å². The van der Waals surface area contributed by atoms with Gasteiger partial charge in [-0.2, -0.15) is 0 Å². The molecule has 162 valence electrons. The molecule has 7 nitrogen and oxygen atoms in total. The highest BCUT2D eigenvalue weighted by Gasteiger charge is 2.37. The zero-order chi connectivity index (χ0) is 22.1. The number of hydrogen-bond donors (Lipinski definition) is 1. The summed E-state index contributed by atoms with van der Waals surface area (Å²) in [6.45, 7) is 5.39. The third-order valence-corrected chi connectivity index (χ3v) is 5.68. The minimum atomic E-state index is -1.55. The summed E-state index contributed by atoms with van der Waals surface area (Å²) in [5, 5.41) is 0. The van der Waals surface area contributed by atoms with Crippen LogP contribution in [0.3, 0.4) is 0 Å². The van der Waals surface area contributed by atoms with E-state index in [0.717, 1.165) is 12.7 Å². The number of carbonyl (C=O) groups is 2. The third kappa shape index (κ3) is 6.96. The van der Waals surface area contributed by atoms with E-state index in [1.165, 1.54) is 0 Å². The van der Waals surface area contributed by atoms with Gasteiger partial charge in [0, 0.05) is 0 Å². The van der Waals surface area contributed by atoms with Crippen LogP contribution in [0.5, 0.6) is 0 Å². The number of ether oxygens (including phenoxy) is 3. The van der Waals surface area contributed by atoms with Gasteiger partial charge in [0.25, 0.3) is 0 Å². The van der Waals surface area contributed by atoms with Crippen LogP contribution in [0.15, 0.2) is 60.7 Å². The molecule has 1 unspecified atom stereocenters. The average molecular weight is 434 g/mol. The van der Waals surface area contributed by atoms with Gasteiger partial charge in [-0.25, -0.2) is 18.5 Å². The van der Waals surface area contributed by atoms with Gasteiger partial charge in [-0.3, -0.25) is 0 Å². The maximum Gasteiger partial charge on any atom is 0.508 e. The minimum absolute atomic E-state index is 0.00454. The molecule has 8 heteroatoms. The van der Waals surface area contributed by atoms with Gasteiger partial charge in [0.2, 0.25) is 6.10 Å². The second-order valence-corrected chi connectivity index (χ2v) is 9.47. The molecule has 0 fully saturated rings. The van der Waals surface area contributed by atoms with E-state index in [1.807, 2.05) is 36.4 Å². The Morgan fingerprint density at radius 3 is 2.10 bits per heavy atom. The van der Waals surface area contributed by atoms with Gasteiger partial charge in [-0.1, -0.05) is 60.7 Å². The highest BCUT2D eigenvalue weighted by Crippen LogP contribution is 2.24. The van der Waals surface area contributed by atoms with Gasteiger partial charge in [0.05, 0.1) is 28.9 Å².